The van der Waals surface area contributed by atoms with Gasteiger partial charge in [0.15, 0.2) is 0 Å². The SMILES string of the molecule is N#CCC(=O)Nc1c(C(=O)O)cc([N+](=O)[O-])cc1[N+](=O)[O-]. The average Bonchev–Trinajstić information content (AvgIpc) is 2.37. The van der Waals surface area contributed by atoms with Crippen LogP contribution in [0.4, 0.5) is 17.1 Å². The van der Waals surface area contributed by atoms with Gasteiger partial charge in [0.1, 0.15) is 12.1 Å². The van der Waals surface area contributed by atoms with Gasteiger partial charge in [0.05, 0.1) is 27.5 Å². The number of aromatic carboxylic acids is 1. The number of hydrogen-bond acceptors (Lipinski definition) is 7. The third kappa shape index (κ3) is 3.47. The van der Waals surface area contributed by atoms with Crippen molar-refractivity contribution in [2.24, 2.45) is 0 Å². The quantitative estimate of drug-likeness (QED) is 0.597. The molecule has 0 unspecified atom stereocenters. The Hall–Kier alpha value is -3.55. The van der Waals surface area contributed by atoms with Crippen LogP contribution in [0.25, 0.3) is 0 Å². The molecule has 0 bridgehead atoms. The third-order valence-corrected chi connectivity index (χ3v) is 2.24. The second-order valence-corrected chi connectivity index (χ2v) is 3.59. The maximum absolute atomic E-state index is 11.3. The molecular weight excluding hydrogens is 288 g/mol. The van der Waals surface area contributed by atoms with Gasteiger partial charge in [-0.3, -0.25) is 25.0 Å². The van der Waals surface area contributed by atoms with Crippen LogP contribution in [0.15, 0.2) is 12.1 Å². The highest BCUT2D eigenvalue weighted by atomic mass is 16.6. The number of nitrogens with one attached hydrogen (secondary N) is 1. The molecule has 1 amide bonds. The number of nitriles is 1. The van der Waals surface area contributed by atoms with E-state index in [4.69, 9.17) is 10.4 Å². The van der Waals surface area contributed by atoms with Gasteiger partial charge >= 0.3 is 11.7 Å². The van der Waals surface area contributed by atoms with Crippen LogP contribution in [-0.4, -0.2) is 26.8 Å². The van der Waals surface area contributed by atoms with E-state index in [2.05, 4.69) is 0 Å². The van der Waals surface area contributed by atoms with Gasteiger partial charge in [-0.25, -0.2) is 4.79 Å². The van der Waals surface area contributed by atoms with E-state index in [0.717, 1.165) is 0 Å². The summed E-state index contributed by atoms with van der Waals surface area (Å²) >= 11 is 0. The lowest BCUT2D eigenvalue weighted by molar-refractivity contribution is -0.393. The predicted octanol–water partition coefficient (Wildman–Crippen LogP) is 1.05. The van der Waals surface area contributed by atoms with Crippen molar-refractivity contribution < 1.29 is 24.5 Å². The Labute approximate surface area is 115 Å². The number of carbonyl (C=O) groups is 2. The van der Waals surface area contributed by atoms with Crippen LogP contribution in [0.5, 0.6) is 0 Å². The van der Waals surface area contributed by atoms with Crippen LogP contribution >= 0.6 is 0 Å². The summed E-state index contributed by atoms with van der Waals surface area (Å²) in [5, 5.41) is 40.7. The first-order chi connectivity index (χ1) is 9.77. The lowest BCUT2D eigenvalue weighted by Crippen LogP contribution is -2.15. The van der Waals surface area contributed by atoms with Gasteiger partial charge in [-0.2, -0.15) is 5.26 Å². The number of hydrogen-bond donors (Lipinski definition) is 2. The van der Waals surface area contributed by atoms with Crippen LogP contribution < -0.4 is 5.32 Å². The van der Waals surface area contributed by atoms with E-state index in [1.54, 1.807) is 0 Å². The summed E-state index contributed by atoms with van der Waals surface area (Å²) in [5.41, 5.74) is -3.29. The Bertz CT molecular complexity index is 656. The van der Waals surface area contributed by atoms with Crippen LogP contribution in [0.1, 0.15) is 16.8 Å². The fraction of sp³-hybridized carbons (Fsp3) is 0.100. The maximum atomic E-state index is 11.3. The number of anilines is 1. The van der Waals surface area contributed by atoms with Crippen molar-refractivity contribution in [1.29, 1.82) is 5.26 Å². The molecule has 1 rings (SSSR count). The highest BCUT2D eigenvalue weighted by molar-refractivity contribution is 6.04. The van der Waals surface area contributed by atoms with E-state index < -0.39 is 50.8 Å². The first-order valence-corrected chi connectivity index (χ1v) is 5.14. The molecule has 1 aromatic carbocycles. The fourth-order valence-corrected chi connectivity index (χ4v) is 1.42. The molecule has 0 saturated carbocycles. The summed E-state index contributed by atoms with van der Waals surface area (Å²) in [5.74, 6) is -2.67. The van der Waals surface area contributed by atoms with Crippen LogP contribution in [0.2, 0.25) is 0 Å². The zero-order valence-electron chi connectivity index (χ0n) is 10.1. The van der Waals surface area contributed by atoms with Crippen molar-refractivity contribution in [2.45, 2.75) is 6.42 Å². The minimum absolute atomic E-state index is 0.522. The van der Waals surface area contributed by atoms with Gasteiger partial charge in [0.25, 0.3) is 5.69 Å². The molecule has 0 atom stereocenters. The summed E-state index contributed by atoms with van der Waals surface area (Å²) in [4.78, 5) is 41.8. The Balaban J connectivity index is 3.54. The standard InChI is InChI=1S/C10H6N4O7/c11-2-1-8(15)12-9-6(10(16)17)3-5(13(18)19)4-7(9)14(20)21/h3-4H,1H2,(H,12,15)(H,16,17). The van der Waals surface area contributed by atoms with Gasteiger partial charge in [-0.1, -0.05) is 0 Å². The first kappa shape index (κ1) is 15.5. The van der Waals surface area contributed by atoms with Gasteiger partial charge < -0.3 is 10.4 Å². The largest absolute Gasteiger partial charge is 0.478 e. The lowest BCUT2D eigenvalue weighted by Gasteiger charge is -2.07. The van der Waals surface area contributed by atoms with Crippen LogP contribution in [0, 0.1) is 31.6 Å². The van der Waals surface area contributed by atoms with Gasteiger partial charge in [0.2, 0.25) is 5.91 Å². The number of carboxylic acids is 1. The summed E-state index contributed by atoms with van der Waals surface area (Å²) in [7, 11) is 0. The van der Waals surface area contributed by atoms with Crippen molar-refractivity contribution in [3.05, 3.63) is 37.9 Å². The summed E-state index contributed by atoms with van der Waals surface area (Å²) < 4.78 is 0. The number of carbonyl (C=O) groups excluding carboxylic acids is 1. The maximum Gasteiger partial charge on any atom is 0.338 e. The molecule has 0 heterocycles. The van der Waals surface area contributed by atoms with E-state index in [0.29, 0.717) is 12.1 Å². The molecule has 0 aliphatic carbocycles. The summed E-state index contributed by atoms with van der Waals surface area (Å²) in [6.45, 7) is 0. The number of nitro benzene ring substituents is 2. The Morgan fingerprint density at radius 2 is 1.90 bits per heavy atom. The summed E-state index contributed by atoms with van der Waals surface area (Å²) in [6.07, 6.45) is -0.660. The summed E-state index contributed by atoms with van der Waals surface area (Å²) in [6, 6.07) is 2.58. The molecule has 0 aromatic heterocycles. The Morgan fingerprint density at radius 1 is 1.29 bits per heavy atom. The second kappa shape index (κ2) is 6.06. The minimum Gasteiger partial charge on any atom is -0.478 e. The molecule has 0 radical (unpaired) electrons. The van der Waals surface area contributed by atoms with Crippen molar-refractivity contribution in [1.82, 2.24) is 0 Å². The monoisotopic (exact) mass is 294 g/mol. The van der Waals surface area contributed by atoms with E-state index >= 15 is 0 Å². The molecular formula is C10H6N4O7. The molecule has 0 aliphatic rings. The zero-order valence-corrected chi connectivity index (χ0v) is 10.1. The number of amides is 1. The minimum atomic E-state index is -1.70. The average molecular weight is 294 g/mol. The lowest BCUT2D eigenvalue weighted by atomic mass is 10.1. The number of nitro groups is 2. The molecule has 11 heteroatoms. The number of benzene rings is 1. The molecule has 11 nitrogen and oxygen atoms in total. The molecule has 0 spiro atoms. The fourth-order valence-electron chi connectivity index (χ4n) is 1.42. The van der Waals surface area contributed by atoms with Crippen LogP contribution in [-0.2, 0) is 4.79 Å². The number of non-ortho nitro benzene ring substituents is 1. The third-order valence-electron chi connectivity index (χ3n) is 2.24. The smallest absolute Gasteiger partial charge is 0.338 e. The van der Waals surface area contributed by atoms with E-state index in [-0.39, 0.29) is 0 Å². The number of rotatable bonds is 5. The molecule has 0 aliphatic heterocycles. The highest BCUT2D eigenvalue weighted by Gasteiger charge is 2.28. The van der Waals surface area contributed by atoms with E-state index in [1.807, 2.05) is 5.32 Å². The topological polar surface area (TPSA) is 176 Å². The van der Waals surface area contributed by atoms with E-state index in [9.17, 15) is 29.8 Å². The molecule has 0 saturated heterocycles. The van der Waals surface area contributed by atoms with Crippen molar-refractivity contribution in [2.75, 3.05) is 5.32 Å². The van der Waals surface area contributed by atoms with Gasteiger partial charge in [0, 0.05) is 6.07 Å². The van der Waals surface area contributed by atoms with Gasteiger partial charge in [-0.05, 0) is 0 Å². The molecule has 21 heavy (non-hydrogen) atoms. The zero-order chi connectivity index (χ0) is 16.2. The molecule has 1 aromatic rings. The molecule has 108 valence electrons. The first-order valence-electron chi connectivity index (χ1n) is 5.14. The molecule has 0 fully saturated rings. The van der Waals surface area contributed by atoms with Crippen molar-refractivity contribution in [3.63, 3.8) is 0 Å². The predicted molar refractivity (Wildman–Crippen MR) is 65.6 cm³/mol. The number of nitrogens with zero attached hydrogens (tertiary/aromatic N) is 3. The van der Waals surface area contributed by atoms with E-state index in [1.165, 1.54) is 6.07 Å². The Morgan fingerprint density at radius 3 is 2.33 bits per heavy atom. The second-order valence-electron chi connectivity index (χ2n) is 3.59. The normalized spacial score (nSPS) is 9.48. The van der Waals surface area contributed by atoms with Crippen LogP contribution in [0.3, 0.4) is 0 Å². The molecule has 2 N–H and O–H groups in total. The number of carboxylic acid groups (broad SMARTS) is 1. The highest BCUT2D eigenvalue weighted by Crippen LogP contribution is 2.33. The Kier molecular flexibility index (Phi) is 4.48. The van der Waals surface area contributed by atoms with Crippen molar-refractivity contribution >= 4 is 28.9 Å². The van der Waals surface area contributed by atoms with Gasteiger partial charge in [-0.15, -0.1) is 0 Å². The van der Waals surface area contributed by atoms with Crippen molar-refractivity contribution in [3.8, 4) is 6.07 Å².